The lowest BCUT2D eigenvalue weighted by atomic mass is 9.99. The first-order valence-electron chi connectivity index (χ1n) is 10.1. The molecule has 1 aliphatic heterocycles. The van der Waals surface area contributed by atoms with Crippen molar-refractivity contribution in [3.63, 3.8) is 0 Å². The van der Waals surface area contributed by atoms with E-state index in [1.165, 1.54) is 17.0 Å². The van der Waals surface area contributed by atoms with Gasteiger partial charge in [-0.25, -0.2) is 13.2 Å². The molecule has 0 spiro atoms. The maximum atomic E-state index is 14.8. The topological polar surface area (TPSA) is 55.8 Å². The quantitative estimate of drug-likeness (QED) is 0.464. The number of benzene rings is 3. The number of carbonyl (C=O) groups excluding carboxylic acids is 2. The zero-order chi connectivity index (χ0) is 22.8. The smallest absolute Gasteiger partial charge is 0.272 e. The molecule has 0 fully saturated rings. The van der Waals surface area contributed by atoms with E-state index in [0.29, 0.717) is 33.9 Å². The lowest BCUT2D eigenvalue weighted by Gasteiger charge is -2.17. The van der Waals surface area contributed by atoms with Crippen molar-refractivity contribution >= 4 is 28.7 Å². The van der Waals surface area contributed by atoms with E-state index < -0.39 is 24.8 Å². The van der Waals surface area contributed by atoms with Gasteiger partial charge in [-0.05, 0) is 24.6 Å². The maximum absolute atomic E-state index is 14.8. The monoisotopic (exact) mass is 443 g/mol. The van der Waals surface area contributed by atoms with Crippen LogP contribution in [0.1, 0.15) is 28.4 Å². The largest absolute Gasteiger partial charge is 0.492 e. The Kier molecular flexibility index (Phi) is 6.03. The molecule has 1 heterocycles. The molecule has 1 aliphatic rings. The minimum absolute atomic E-state index is 0.0205. The van der Waals surface area contributed by atoms with Crippen LogP contribution in [-0.4, -0.2) is 31.8 Å². The van der Waals surface area contributed by atoms with Crippen molar-refractivity contribution in [3.05, 3.63) is 65.0 Å². The van der Waals surface area contributed by atoms with E-state index in [1.807, 2.05) is 0 Å². The van der Waals surface area contributed by atoms with Gasteiger partial charge in [0.1, 0.15) is 30.2 Å². The molecule has 0 bridgehead atoms. The van der Waals surface area contributed by atoms with Gasteiger partial charge in [0.2, 0.25) is 0 Å². The standard InChI is InChI=1S/C24H20F3NO4/c1-2-31-23-16-6-4-3-5-15(16)22(32-13-20(26)27)17-12-28(24(30)21(17)23)19-8-7-14(9-10-29)11-18(19)25/h3-8,10-11,20H,2,9,12-13H2,1H3. The maximum Gasteiger partial charge on any atom is 0.272 e. The first kappa shape index (κ1) is 21.7. The van der Waals surface area contributed by atoms with Gasteiger partial charge in [0.25, 0.3) is 12.3 Å². The third-order valence-electron chi connectivity index (χ3n) is 5.26. The summed E-state index contributed by atoms with van der Waals surface area (Å²) < 4.78 is 52.0. The summed E-state index contributed by atoms with van der Waals surface area (Å²) in [6.45, 7) is 1.13. The lowest BCUT2D eigenvalue weighted by Crippen LogP contribution is -2.24. The zero-order valence-electron chi connectivity index (χ0n) is 17.2. The molecule has 8 heteroatoms. The number of carbonyl (C=O) groups is 2. The fourth-order valence-corrected chi connectivity index (χ4v) is 3.96. The van der Waals surface area contributed by atoms with Gasteiger partial charge in [0, 0.05) is 22.8 Å². The van der Waals surface area contributed by atoms with Crippen LogP contribution in [0.4, 0.5) is 18.9 Å². The highest BCUT2D eigenvalue weighted by molar-refractivity contribution is 6.17. The van der Waals surface area contributed by atoms with E-state index in [4.69, 9.17) is 9.47 Å². The Labute approximate surface area is 182 Å². The van der Waals surface area contributed by atoms with Crippen molar-refractivity contribution in [1.29, 1.82) is 0 Å². The molecule has 0 radical (unpaired) electrons. The number of amides is 1. The molecule has 5 nitrogen and oxygen atoms in total. The normalized spacial score (nSPS) is 13.0. The number of rotatable bonds is 8. The highest BCUT2D eigenvalue weighted by Crippen LogP contribution is 2.46. The Morgan fingerprint density at radius 3 is 2.44 bits per heavy atom. The van der Waals surface area contributed by atoms with Crippen molar-refractivity contribution in [1.82, 2.24) is 0 Å². The van der Waals surface area contributed by atoms with Crippen LogP contribution in [0.25, 0.3) is 10.8 Å². The van der Waals surface area contributed by atoms with Crippen molar-refractivity contribution in [2.24, 2.45) is 0 Å². The number of fused-ring (bicyclic) bond motifs is 2. The van der Waals surface area contributed by atoms with E-state index in [-0.39, 0.29) is 36.6 Å². The van der Waals surface area contributed by atoms with Gasteiger partial charge in [-0.15, -0.1) is 0 Å². The van der Waals surface area contributed by atoms with Crippen LogP contribution in [0.15, 0.2) is 42.5 Å². The summed E-state index contributed by atoms with van der Waals surface area (Å²) in [5.41, 5.74) is 1.04. The number of hydrogen-bond donors (Lipinski definition) is 0. The molecule has 0 unspecified atom stereocenters. The molecule has 3 aromatic rings. The average molecular weight is 443 g/mol. The minimum atomic E-state index is -2.70. The van der Waals surface area contributed by atoms with Crippen molar-refractivity contribution in [3.8, 4) is 11.5 Å². The predicted octanol–water partition coefficient (Wildman–Crippen LogP) is 4.92. The molecular weight excluding hydrogens is 423 g/mol. The molecule has 4 rings (SSSR count). The Bertz CT molecular complexity index is 1200. The lowest BCUT2D eigenvalue weighted by molar-refractivity contribution is -0.107. The average Bonchev–Trinajstić information content (AvgIpc) is 3.10. The van der Waals surface area contributed by atoms with Gasteiger partial charge in [0.15, 0.2) is 0 Å². The van der Waals surface area contributed by atoms with Gasteiger partial charge in [-0.3, -0.25) is 4.79 Å². The van der Waals surface area contributed by atoms with Crippen LogP contribution in [0, 0.1) is 5.82 Å². The second kappa shape index (κ2) is 8.90. The van der Waals surface area contributed by atoms with Crippen LogP contribution in [0.2, 0.25) is 0 Å². The van der Waals surface area contributed by atoms with E-state index in [9.17, 15) is 22.8 Å². The molecule has 0 N–H and O–H groups in total. The van der Waals surface area contributed by atoms with Crippen molar-refractivity contribution in [2.75, 3.05) is 18.1 Å². The number of anilines is 1. The first-order chi connectivity index (χ1) is 15.5. The number of nitrogens with zero attached hydrogens (tertiary/aromatic N) is 1. The highest BCUT2D eigenvalue weighted by atomic mass is 19.3. The number of aldehydes is 1. The van der Waals surface area contributed by atoms with E-state index in [2.05, 4.69) is 0 Å². The highest BCUT2D eigenvalue weighted by Gasteiger charge is 2.37. The second-order valence-electron chi connectivity index (χ2n) is 7.24. The van der Waals surface area contributed by atoms with E-state index >= 15 is 0 Å². The summed E-state index contributed by atoms with van der Waals surface area (Å²) in [5.74, 6) is -0.706. The fourth-order valence-electron chi connectivity index (χ4n) is 3.96. The van der Waals surface area contributed by atoms with Gasteiger partial charge in [0.05, 0.1) is 24.4 Å². The summed E-state index contributed by atoms with van der Waals surface area (Å²) in [6, 6.07) is 11.1. The molecule has 0 saturated carbocycles. The van der Waals surface area contributed by atoms with Crippen LogP contribution in [-0.2, 0) is 17.8 Å². The van der Waals surface area contributed by atoms with Gasteiger partial charge in [-0.1, -0.05) is 30.3 Å². The van der Waals surface area contributed by atoms with Crippen LogP contribution in [0.5, 0.6) is 11.5 Å². The Morgan fingerprint density at radius 2 is 1.81 bits per heavy atom. The molecule has 0 saturated heterocycles. The van der Waals surface area contributed by atoms with Crippen molar-refractivity contribution in [2.45, 2.75) is 26.3 Å². The molecule has 32 heavy (non-hydrogen) atoms. The number of hydrogen-bond acceptors (Lipinski definition) is 4. The minimum Gasteiger partial charge on any atom is -0.492 e. The first-order valence-corrected chi connectivity index (χ1v) is 10.1. The summed E-state index contributed by atoms with van der Waals surface area (Å²) in [7, 11) is 0. The van der Waals surface area contributed by atoms with Crippen LogP contribution in [0.3, 0.4) is 0 Å². The van der Waals surface area contributed by atoms with E-state index in [1.54, 1.807) is 37.3 Å². The predicted molar refractivity (Wildman–Crippen MR) is 113 cm³/mol. The zero-order valence-corrected chi connectivity index (χ0v) is 17.2. The third kappa shape index (κ3) is 3.77. The molecule has 166 valence electrons. The fraction of sp³-hybridized carbons (Fsp3) is 0.250. The summed E-state index contributed by atoms with van der Waals surface area (Å²) >= 11 is 0. The van der Waals surface area contributed by atoms with Gasteiger partial charge < -0.3 is 19.2 Å². The molecule has 1 amide bonds. The Balaban J connectivity index is 1.88. The number of alkyl halides is 2. The molecule has 0 aromatic heterocycles. The SMILES string of the molecule is CCOc1c2c(c(OCC(F)F)c3ccccc13)CN(c1ccc(CC=O)cc1F)C2=O. The third-order valence-corrected chi connectivity index (χ3v) is 5.26. The Morgan fingerprint density at radius 1 is 1.09 bits per heavy atom. The molecule has 0 atom stereocenters. The summed E-state index contributed by atoms with van der Waals surface area (Å²) in [5, 5.41) is 1.08. The number of ether oxygens (including phenoxy) is 2. The van der Waals surface area contributed by atoms with Gasteiger partial charge in [-0.2, -0.15) is 0 Å². The second-order valence-corrected chi connectivity index (χ2v) is 7.24. The van der Waals surface area contributed by atoms with Crippen LogP contribution < -0.4 is 14.4 Å². The summed E-state index contributed by atoms with van der Waals surface area (Å²) in [6.07, 6.45) is -1.98. The molecule has 3 aromatic carbocycles. The molecular formula is C24H20F3NO4. The summed E-state index contributed by atoms with van der Waals surface area (Å²) in [4.78, 5) is 25.4. The number of halogens is 3. The van der Waals surface area contributed by atoms with Gasteiger partial charge >= 0.3 is 0 Å². The van der Waals surface area contributed by atoms with Crippen LogP contribution >= 0.6 is 0 Å². The Hall–Kier alpha value is -3.55. The molecule has 0 aliphatic carbocycles. The van der Waals surface area contributed by atoms with E-state index in [0.717, 1.165) is 0 Å². The van der Waals surface area contributed by atoms with Crippen molar-refractivity contribution < 1.29 is 32.2 Å².